The first-order chi connectivity index (χ1) is 10.2. The zero-order valence-electron chi connectivity index (χ0n) is 13.5. The number of piperazine rings is 1. The SMILES string of the molecule is COCCNCc1cnc(N2CCN(CC(C)C)CC2)s1. The quantitative estimate of drug-likeness (QED) is 0.739. The van der Waals surface area contributed by atoms with E-state index in [1.807, 2.05) is 6.20 Å². The summed E-state index contributed by atoms with van der Waals surface area (Å²) in [4.78, 5) is 10.9. The van der Waals surface area contributed by atoms with Gasteiger partial charge in [0.15, 0.2) is 5.13 Å². The molecule has 1 aromatic rings. The fourth-order valence-electron chi connectivity index (χ4n) is 2.55. The lowest BCUT2D eigenvalue weighted by Gasteiger charge is -2.35. The number of anilines is 1. The number of rotatable bonds is 8. The Morgan fingerprint density at radius 2 is 2.10 bits per heavy atom. The van der Waals surface area contributed by atoms with Crippen LogP contribution in [0.15, 0.2) is 6.20 Å². The number of nitrogens with one attached hydrogen (secondary N) is 1. The Balaban J connectivity index is 1.74. The van der Waals surface area contributed by atoms with E-state index in [9.17, 15) is 0 Å². The maximum atomic E-state index is 5.03. The minimum atomic E-state index is 0.751. The van der Waals surface area contributed by atoms with Gasteiger partial charge in [-0.2, -0.15) is 0 Å². The van der Waals surface area contributed by atoms with Crippen LogP contribution >= 0.6 is 11.3 Å². The summed E-state index contributed by atoms with van der Waals surface area (Å²) >= 11 is 1.81. The average molecular weight is 312 g/mol. The van der Waals surface area contributed by atoms with Crippen LogP contribution in [0.3, 0.4) is 0 Å². The Labute approximate surface area is 132 Å². The van der Waals surface area contributed by atoms with E-state index in [1.54, 1.807) is 18.4 Å². The van der Waals surface area contributed by atoms with Gasteiger partial charge in [-0.3, -0.25) is 4.90 Å². The van der Waals surface area contributed by atoms with E-state index < -0.39 is 0 Å². The minimum absolute atomic E-state index is 0.751. The van der Waals surface area contributed by atoms with Crippen LogP contribution in [-0.4, -0.2) is 62.9 Å². The molecular weight excluding hydrogens is 284 g/mol. The number of nitrogens with zero attached hydrogens (tertiary/aromatic N) is 3. The van der Waals surface area contributed by atoms with Crippen molar-refractivity contribution in [3.05, 3.63) is 11.1 Å². The molecule has 1 aliphatic rings. The highest BCUT2D eigenvalue weighted by Gasteiger charge is 2.19. The molecule has 2 heterocycles. The van der Waals surface area contributed by atoms with E-state index in [-0.39, 0.29) is 0 Å². The van der Waals surface area contributed by atoms with Gasteiger partial charge in [-0.25, -0.2) is 4.98 Å². The van der Waals surface area contributed by atoms with Gasteiger partial charge in [-0.05, 0) is 5.92 Å². The van der Waals surface area contributed by atoms with E-state index in [1.165, 1.54) is 16.6 Å². The summed E-state index contributed by atoms with van der Waals surface area (Å²) in [5.74, 6) is 0.751. The van der Waals surface area contributed by atoms with E-state index in [0.717, 1.165) is 51.8 Å². The van der Waals surface area contributed by atoms with Crippen molar-refractivity contribution < 1.29 is 4.74 Å². The number of hydrogen-bond acceptors (Lipinski definition) is 6. The normalized spacial score (nSPS) is 16.9. The van der Waals surface area contributed by atoms with Gasteiger partial charge in [-0.15, -0.1) is 11.3 Å². The number of aromatic nitrogens is 1. The zero-order valence-corrected chi connectivity index (χ0v) is 14.3. The second kappa shape index (κ2) is 8.68. The third-order valence-electron chi connectivity index (χ3n) is 3.59. The molecule has 2 rings (SSSR count). The third-order valence-corrected chi connectivity index (χ3v) is 4.65. The highest BCUT2D eigenvalue weighted by molar-refractivity contribution is 7.15. The lowest BCUT2D eigenvalue weighted by molar-refractivity contribution is 0.199. The van der Waals surface area contributed by atoms with Crippen molar-refractivity contribution in [2.45, 2.75) is 20.4 Å². The maximum absolute atomic E-state index is 5.03. The maximum Gasteiger partial charge on any atom is 0.185 e. The summed E-state index contributed by atoms with van der Waals surface area (Å²) in [6, 6.07) is 0. The first-order valence-corrected chi connectivity index (χ1v) is 8.62. The largest absolute Gasteiger partial charge is 0.383 e. The Morgan fingerprint density at radius 3 is 2.76 bits per heavy atom. The molecule has 5 nitrogen and oxygen atoms in total. The second-order valence-corrected chi connectivity index (χ2v) is 7.05. The molecular formula is C15H28N4OS. The molecule has 0 unspecified atom stereocenters. The highest BCUT2D eigenvalue weighted by Crippen LogP contribution is 2.23. The molecule has 1 saturated heterocycles. The molecule has 0 aromatic carbocycles. The van der Waals surface area contributed by atoms with Gasteiger partial charge >= 0.3 is 0 Å². The fourth-order valence-corrected chi connectivity index (χ4v) is 3.48. The lowest BCUT2D eigenvalue weighted by Crippen LogP contribution is -2.47. The van der Waals surface area contributed by atoms with Crippen LogP contribution in [0.1, 0.15) is 18.7 Å². The van der Waals surface area contributed by atoms with E-state index in [2.05, 4.69) is 33.9 Å². The highest BCUT2D eigenvalue weighted by atomic mass is 32.1. The summed E-state index contributed by atoms with van der Waals surface area (Å²) in [7, 11) is 1.73. The van der Waals surface area contributed by atoms with E-state index in [0.29, 0.717) is 0 Å². The van der Waals surface area contributed by atoms with Gasteiger partial charge < -0.3 is 15.0 Å². The van der Waals surface area contributed by atoms with Crippen molar-refractivity contribution in [1.82, 2.24) is 15.2 Å². The molecule has 120 valence electrons. The van der Waals surface area contributed by atoms with E-state index >= 15 is 0 Å². The molecule has 6 heteroatoms. The molecule has 1 aromatic heterocycles. The van der Waals surface area contributed by atoms with Crippen LogP contribution < -0.4 is 10.2 Å². The summed E-state index contributed by atoms with van der Waals surface area (Å²) in [6.07, 6.45) is 2.00. The van der Waals surface area contributed by atoms with Gasteiger partial charge in [0.05, 0.1) is 6.61 Å². The molecule has 0 amide bonds. The van der Waals surface area contributed by atoms with Crippen molar-refractivity contribution >= 4 is 16.5 Å². The summed E-state index contributed by atoms with van der Waals surface area (Å²) in [5.41, 5.74) is 0. The Kier molecular flexibility index (Phi) is 6.89. The van der Waals surface area contributed by atoms with Crippen molar-refractivity contribution in [3.8, 4) is 0 Å². The van der Waals surface area contributed by atoms with Crippen molar-refractivity contribution in [2.24, 2.45) is 5.92 Å². The van der Waals surface area contributed by atoms with Crippen molar-refractivity contribution in [3.63, 3.8) is 0 Å². The summed E-state index contributed by atoms with van der Waals surface area (Å²) in [6.45, 7) is 12.8. The van der Waals surface area contributed by atoms with Crippen LogP contribution in [0.5, 0.6) is 0 Å². The molecule has 0 aliphatic carbocycles. The predicted molar refractivity (Wildman–Crippen MR) is 89.2 cm³/mol. The molecule has 1 aliphatic heterocycles. The number of hydrogen-bond donors (Lipinski definition) is 1. The van der Waals surface area contributed by atoms with Gasteiger partial charge in [-0.1, -0.05) is 13.8 Å². The molecule has 0 radical (unpaired) electrons. The molecule has 1 N–H and O–H groups in total. The topological polar surface area (TPSA) is 40.6 Å². The lowest BCUT2D eigenvalue weighted by atomic mass is 10.2. The van der Waals surface area contributed by atoms with Gasteiger partial charge in [0.2, 0.25) is 0 Å². The summed E-state index contributed by atoms with van der Waals surface area (Å²) in [5, 5.41) is 4.54. The average Bonchev–Trinajstić information content (AvgIpc) is 2.93. The Morgan fingerprint density at radius 1 is 1.33 bits per heavy atom. The van der Waals surface area contributed by atoms with Gasteiger partial charge in [0, 0.05) is 64.0 Å². The number of thiazole rings is 1. The molecule has 0 bridgehead atoms. The third kappa shape index (κ3) is 5.54. The molecule has 0 atom stereocenters. The van der Waals surface area contributed by atoms with Crippen molar-refractivity contribution in [2.75, 3.05) is 57.9 Å². The van der Waals surface area contributed by atoms with Crippen LogP contribution in [0.25, 0.3) is 0 Å². The molecule has 1 fully saturated rings. The van der Waals surface area contributed by atoms with Crippen LogP contribution in [0.4, 0.5) is 5.13 Å². The molecule has 0 saturated carbocycles. The monoisotopic (exact) mass is 312 g/mol. The van der Waals surface area contributed by atoms with Crippen LogP contribution in [0, 0.1) is 5.92 Å². The fraction of sp³-hybridized carbons (Fsp3) is 0.800. The van der Waals surface area contributed by atoms with Crippen LogP contribution in [-0.2, 0) is 11.3 Å². The zero-order chi connectivity index (χ0) is 15.1. The molecule has 0 spiro atoms. The standard InChI is InChI=1S/C15H28N4OS/c1-13(2)12-18-5-7-19(8-6-18)15-17-11-14(21-15)10-16-4-9-20-3/h11,13,16H,4-10,12H2,1-3H3. The number of methoxy groups -OCH3 is 1. The van der Waals surface area contributed by atoms with E-state index in [4.69, 9.17) is 4.74 Å². The minimum Gasteiger partial charge on any atom is -0.383 e. The first-order valence-electron chi connectivity index (χ1n) is 7.80. The molecule has 21 heavy (non-hydrogen) atoms. The first kappa shape index (κ1) is 16.7. The Hall–Kier alpha value is -0.690. The van der Waals surface area contributed by atoms with Crippen molar-refractivity contribution in [1.29, 1.82) is 0 Å². The van der Waals surface area contributed by atoms with Crippen LogP contribution in [0.2, 0.25) is 0 Å². The summed E-state index contributed by atoms with van der Waals surface area (Å²) < 4.78 is 5.03. The predicted octanol–water partition coefficient (Wildman–Crippen LogP) is 1.66. The Bertz CT molecular complexity index is 402. The number of ether oxygens (including phenoxy) is 1. The smallest absolute Gasteiger partial charge is 0.185 e. The van der Waals surface area contributed by atoms with Gasteiger partial charge in [0.1, 0.15) is 0 Å². The second-order valence-electron chi connectivity index (χ2n) is 5.96. The van der Waals surface area contributed by atoms with Gasteiger partial charge in [0.25, 0.3) is 0 Å².